The number of benzene rings is 3. The average Bonchev–Trinajstić information content (AvgIpc) is 3.02. The van der Waals surface area contributed by atoms with Gasteiger partial charge in [0.05, 0.1) is 16.7 Å². The van der Waals surface area contributed by atoms with Crippen molar-refractivity contribution in [2.75, 3.05) is 0 Å². The predicted molar refractivity (Wildman–Crippen MR) is 94.5 cm³/mol. The van der Waals surface area contributed by atoms with Crippen molar-refractivity contribution in [2.45, 2.75) is 0 Å². The maximum Gasteiger partial charge on any atom is 0.0774 e. The fourth-order valence-electron chi connectivity index (χ4n) is 3.23. The molecule has 0 aliphatic rings. The van der Waals surface area contributed by atoms with Crippen LogP contribution in [0.3, 0.4) is 0 Å². The number of hydrogen-bond donors (Lipinski definition) is 0. The first-order valence-corrected chi connectivity index (χ1v) is 7.68. The van der Waals surface area contributed by atoms with Crippen LogP contribution in [0.25, 0.3) is 38.7 Å². The smallest absolute Gasteiger partial charge is 0.0774 e. The summed E-state index contributed by atoms with van der Waals surface area (Å²) < 4.78 is 2.24. The Balaban J connectivity index is 0.00000146. The van der Waals surface area contributed by atoms with Crippen molar-refractivity contribution in [2.24, 2.45) is 0 Å². The van der Waals surface area contributed by atoms with Crippen LogP contribution < -0.4 is 0 Å². The van der Waals surface area contributed by atoms with Gasteiger partial charge in [0.25, 0.3) is 0 Å². The molecule has 2 heterocycles. The van der Waals surface area contributed by atoms with E-state index < -0.39 is 0 Å². The number of para-hydroxylation sites is 2. The van der Waals surface area contributed by atoms with E-state index >= 15 is 0 Å². The zero-order valence-electron chi connectivity index (χ0n) is 12.7. The van der Waals surface area contributed by atoms with E-state index in [2.05, 4.69) is 65.1 Å². The Bertz CT molecular complexity index is 1160. The second-order valence-corrected chi connectivity index (χ2v) is 5.66. The molecule has 0 N–H and O–H groups in total. The molecule has 5 rings (SSSR count). The summed E-state index contributed by atoms with van der Waals surface area (Å²) >= 11 is 0. The third-order valence-electron chi connectivity index (χ3n) is 4.28. The van der Waals surface area contributed by atoms with Crippen LogP contribution in [0.4, 0.5) is 0 Å². The van der Waals surface area contributed by atoms with Gasteiger partial charge < -0.3 is 4.40 Å². The molecule has 0 atom stereocenters. The molecule has 3 aromatic carbocycles. The van der Waals surface area contributed by atoms with Gasteiger partial charge in [0.1, 0.15) is 0 Å². The molecule has 3 heteroatoms. The largest absolute Gasteiger partial charge is 0.333 e. The van der Waals surface area contributed by atoms with Gasteiger partial charge >= 0.3 is 0 Å². The van der Waals surface area contributed by atoms with Crippen LogP contribution in [0.1, 0.15) is 0 Å². The van der Waals surface area contributed by atoms with Crippen LogP contribution in [0.5, 0.6) is 0 Å². The fraction of sp³-hybridized carbons (Fsp3) is 0. The monoisotopic (exact) mass is 486 g/mol. The van der Waals surface area contributed by atoms with E-state index in [0.29, 0.717) is 0 Å². The molecular weight excluding hydrogens is 472 g/mol. The van der Waals surface area contributed by atoms with E-state index in [1.807, 2.05) is 24.3 Å². The van der Waals surface area contributed by atoms with Crippen molar-refractivity contribution in [3.8, 4) is 11.3 Å². The van der Waals surface area contributed by atoms with Gasteiger partial charge in [-0.25, -0.2) is 0 Å². The Hall–Kier alpha value is -2.48. The maximum absolute atomic E-state index is 4.86. The third-order valence-corrected chi connectivity index (χ3v) is 4.28. The minimum absolute atomic E-state index is 0. The Labute approximate surface area is 153 Å². The van der Waals surface area contributed by atoms with Gasteiger partial charge in [0, 0.05) is 25.8 Å². The van der Waals surface area contributed by atoms with Crippen LogP contribution >= 0.6 is 0 Å². The van der Waals surface area contributed by atoms with Gasteiger partial charge in [0.2, 0.25) is 0 Å². The molecule has 0 aliphatic carbocycles. The molecule has 0 bridgehead atoms. The molecule has 24 heavy (non-hydrogen) atoms. The van der Waals surface area contributed by atoms with E-state index in [9.17, 15) is 0 Å². The summed E-state index contributed by atoms with van der Waals surface area (Å²) in [5.41, 5.74) is 5.44. The van der Waals surface area contributed by atoms with Crippen LogP contribution in [0.2, 0.25) is 0 Å². The zero-order chi connectivity index (χ0) is 15.2. The van der Waals surface area contributed by atoms with Gasteiger partial charge in [-0.1, -0.05) is 48.5 Å². The number of hydrogen-bond acceptors (Lipinski definition) is 1. The maximum atomic E-state index is 4.86. The van der Waals surface area contributed by atoms with Gasteiger partial charge in [0.15, 0.2) is 0 Å². The molecule has 0 spiro atoms. The van der Waals surface area contributed by atoms with Crippen LogP contribution in [-0.4, -0.2) is 9.38 Å². The minimum Gasteiger partial charge on any atom is -0.333 e. The number of pyridine rings is 1. The molecule has 0 fully saturated rings. The van der Waals surface area contributed by atoms with Gasteiger partial charge in [-0.15, -0.1) is 35.0 Å². The number of nitrogens with zero attached hydrogens (tertiary/aromatic N) is 2. The third kappa shape index (κ3) is 2.17. The van der Waals surface area contributed by atoms with Crippen molar-refractivity contribution in [3.05, 3.63) is 84.9 Å². The first-order chi connectivity index (χ1) is 11.4. The molecule has 2 aromatic heterocycles. The van der Waals surface area contributed by atoms with Crippen molar-refractivity contribution >= 4 is 27.5 Å². The summed E-state index contributed by atoms with van der Waals surface area (Å²) in [4.78, 5) is 4.86. The van der Waals surface area contributed by atoms with E-state index in [0.717, 1.165) is 33.1 Å². The van der Waals surface area contributed by atoms with Crippen molar-refractivity contribution in [1.29, 1.82) is 0 Å². The molecule has 5 aromatic rings. The summed E-state index contributed by atoms with van der Waals surface area (Å²) in [6.45, 7) is 0. The Morgan fingerprint density at radius 1 is 0.833 bits per heavy atom. The normalized spacial score (nSPS) is 11.0. The van der Waals surface area contributed by atoms with E-state index in [1.165, 1.54) is 5.56 Å². The standard InChI is InChI=1S/C21H13N2.Ir/c1-2-8-15(9-3-1)20-14-16-10-4-5-11-17(16)21-22-18-12-6-7-13-19(18)23(20)21;/h1-10,12-14H;/q-1;. The second-order valence-electron chi connectivity index (χ2n) is 5.66. The zero-order valence-corrected chi connectivity index (χ0v) is 15.1. The van der Waals surface area contributed by atoms with Crippen molar-refractivity contribution in [1.82, 2.24) is 9.38 Å². The fourth-order valence-corrected chi connectivity index (χ4v) is 3.23. The van der Waals surface area contributed by atoms with Gasteiger partial charge in [-0.3, -0.25) is 4.98 Å². The summed E-state index contributed by atoms with van der Waals surface area (Å²) in [5, 5.41) is 2.22. The van der Waals surface area contributed by atoms with Gasteiger partial charge in [-0.05, 0) is 17.7 Å². The van der Waals surface area contributed by atoms with E-state index in [4.69, 9.17) is 4.98 Å². The second kappa shape index (κ2) is 5.86. The molecule has 1 radical (unpaired) electrons. The van der Waals surface area contributed by atoms with E-state index in [1.54, 1.807) is 0 Å². The number of aromatic nitrogens is 2. The predicted octanol–water partition coefficient (Wildman–Crippen LogP) is 5.11. The first-order valence-electron chi connectivity index (χ1n) is 7.68. The number of fused-ring (bicyclic) bond motifs is 5. The molecule has 0 amide bonds. The van der Waals surface area contributed by atoms with Gasteiger partial charge in [-0.2, -0.15) is 0 Å². The Morgan fingerprint density at radius 3 is 2.50 bits per heavy atom. The average molecular weight is 486 g/mol. The minimum atomic E-state index is 0. The molecule has 117 valence electrons. The van der Waals surface area contributed by atoms with Crippen LogP contribution in [0.15, 0.2) is 78.9 Å². The molecule has 0 saturated carbocycles. The number of imidazole rings is 1. The molecule has 0 saturated heterocycles. The molecule has 2 nitrogen and oxygen atoms in total. The Morgan fingerprint density at radius 2 is 1.62 bits per heavy atom. The summed E-state index contributed by atoms with van der Waals surface area (Å²) in [5.74, 6) is 0. The topological polar surface area (TPSA) is 17.3 Å². The SMILES string of the molecule is [Ir].[c-]1cccc2cc(-c3ccccc3)n3c4ccccc4nc3c12. The van der Waals surface area contributed by atoms with Crippen molar-refractivity contribution < 1.29 is 20.1 Å². The quantitative estimate of drug-likeness (QED) is 0.302. The number of rotatable bonds is 1. The van der Waals surface area contributed by atoms with E-state index in [-0.39, 0.29) is 20.1 Å². The van der Waals surface area contributed by atoms with Crippen LogP contribution in [0, 0.1) is 6.07 Å². The summed E-state index contributed by atoms with van der Waals surface area (Å²) in [6.07, 6.45) is 0. The Kier molecular flexibility index (Phi) is 3.68. The van der Waals surface area contributed by atoms with Crippen LogP contribution in [-0.2, 0) is 20.1 Å². The molecular formula is C21H13IrN2-. The summed E-state index contributed by atoms with van der Waals surface area (Å²) in [7, 11) is 0. The molecule has 0 aliphatic heterocycles. The summed E-state index contributed by atoms with van der Waals surface area (Å²) in [6, 6.07) is 30.4. The van der Waals surface area contributed by atoms with Crippen molar-refractivity contribution in [3.63, 3.8) is 0 Å². The first kappa shape index (κ1) is 15.1. The molecule has 0 unspecified atom stereocenters.